The van der Waals surface area contributed by atoms with E-state index in [0.29, 0.717) is 17.8 Å². The Morgan fingerprint density at radius 2 is 1.72 bits per heavy atom. The molecule has 1 amide bonds. The predicted octanol–water partition coefficient (Wildman–Crippen LogP) is 4.40. The van der Waals surface area contributed by atoms with Crippen LogP contribution < -0.4 is 4.31 Å². The molecule has 0 spiro atoms. The van der Waals surface area contributed by atoms with Crippen LogP contribution in [0.2, 0.25) is 0 Å². The molecule has 0 atom stereocenters. The maximum atomic E-state index is 13.0. The normalized spacial score (nSPS) is 11.1. The molecule has 3 aromatic rings. The van der Waals surface area contributed by atoms with Crippen LogP contribution in [-0.2, 0) is 16.6 Å². The van der Waals surface area contributed by atoms with Gasteiger partial charge >= 0.3 is 0 Å². The SMILES string of the molecule is C=CCN(c1ccc(C(=O)N(C)Cc2cccs2)cc1)S(=O)(=O)c1ccccc1. The molecule has 0 aliphatic carbocycles. The van der Waals surface area contributed by atoms with Crippen molar-refractivity contribution in [1.29, 1.82) is 0 Å². The lowest BCUT2D eigenvalue weighted by molar-refractivity contribution is 0.0786. The van der Waals surface area contributed by atoms with Crippen LogP contribution in [0.25, 0.3) is 0 Å². The van der Waals surface area contributed by atoms with Gasteiger partial charge in [0.05, 0.1) is 23.7 Å². The van der Waals surface area contributed by atoms with Crippen LogP contribution in [0.3, 0.4) is 0 Å². The summed E-state index contributed by atoms with van der Waals surface area (Å²) in [5.41, 5.74) is 0.981. The molecule has 0 aliphatic heterocycles. The fraction of sp³-hybridized carbons (Fsp3) is 0.136. The number of hydrogen-bond acceptors (Lipinski definition) is 4. The van der Waals surface area contributed by atoms with E-state index in [0.717, 1.165) is 4.88 Å². The number of sulfonamides is 1. The lowest BCUT2D eigenvalue weighted by Gasteiger charge is -2.23. The quantitative estimate of drug-likeness (QED) is 0.502. The third-order valence-electron chi connectivity index (χ3n) is 4.35. The number of carbonyl (C=O) groups is 1. The van der Waals surface area contributed by atoms with Crippen LogP contribution in [0.1, 0.15) is 15.2 Å². The molecule has 5 nitrogen and oxygen atoms in total. The van der Waals surface area contributed by atoms with Gasteiger partial charge in [0.15, 0.2) is 0 Å². The molecule has 0 saturated heterocycles. The number of rotatable bonds is 8. The Morgan fingerprint density at radius 3 is 2.31 bits per heavy atom. The van der Waals surface area contributed by atoms with Gasteiger partial charge in [-0.25, -0.2) is 8.42 Å². The van der Waals surface area contributed by atoms with Gasteiger partial charge in [-0.3, -0.25) is 9.10 Å². The van der Waals surface area contributed by atoms with Gasteiger partial charge < -0.3 is 4.90 Å². The number of thiophene rings is 1. The van der Waals surface area contributed by atoms with Gasteiger partial charge in [0.25, 0.3) is 15.9 Å². The van der Waals surface area contributed by atoms with Gasteiger partial charge in [0.2, 0.25) is 0 Å². The van der Waals surface area contributed by atoms with E-state index in [9.17, 15) is 13.2 Å². The van der Waals surface area contributed by atoms with Crippen molar-refractivity contribution in [2.75, 3.05) is 17.9 Å². The molecule has 0 fully saturated rings. The third kappa shape index (κ3) is 4.75. The summed E-state index contributed by atoms with van der Waals surface area (Å²) in [5, 5.41) is 1.98. The lowest BCUT2D eigenvalue weighted by atomic mass is 10.2. The van der Waals surface area contributed by atoms with E-state index in [4.69, 9.17) is 0 Å². The smallest absolute Gasteiger partial charge is 0.264 e. The Hall–Kier alpha value is -2.90. The summed E-state index contributed by atoms with van der Waals surface area (Å²) >= 11 is 1.60. The van der Waals surface area contributed by atoms with Crippen molar-refractivity contribution in [2.45, 2.75) is 11.4 Å². The summed E-state index contributed by atoms with van der Waals surface area (Å²) in [7, 11) is -1.98. The number of nitrogens with zero attached hydrogens (tertiary/aromatic N) is 2. The summed E-state index contributed by atoms with van der Waals surface area (Å²) in [6, 6.07) is 18.8. The second kappa shape index (κ2) is 9.07. The number of amides is 1. The summed E-state index contributed by atoms with van der Waals surface area (Å²) in [4.78, 5) is 15.6. The first-order valence-electron chi connectivity index (χ1n) is 9.00. The molecule has 0 unspecified atom stereocenters. The highest BCUT2D eigenvalue weighted by Gasteiger charge is 2.24. The molecule has 29 heavy (non-hydrogen) atoms. The minimum atomic E-state index is -3.73. The lowest BCUT2D eigenvalue weighted by Crippen LogP contribution is -2.31. The van der Waals surface area contributed by atoms with Gasteiger partial charge in [-0.05, 0) is 47.8 Å². The molecule has 3 rings (SSSR count). The monoisotopic (exact) mass is 426 g/mol. The zero-order valence-corrected chi connectivity index (χ0v) is 17.7. The standard InChI is InChI=1S/C22H22N2O3S2/c1-3-15-24(29(26,27)21-9-5-4-6-10-21)19-13-11-18(12-14-19)22(25)23(2)17-20-8-7-16-28-20/h3-14,16H,1,15,17H2,2H3. The van der Waals surface area contributed by atoms with Crippen molar-refractivity contribution < 1.29 is 13.2 Å². The van der Waals surface area contributed by atoms with E-state index < -0.39 is 10.0 Å². The van der Waals surface area contributed by atoms with Crippen molar-refractivity contribution in [2.24, 2.45) is 0 Å². The largest absolute Gasteiger partial charge is 0.337 e. The fourth-order valence-corrected chi connectivity index (χ4v) is 5.09. The Morgan fingerprint density at radius 1 is 1.03 bits per heavy atom. The molecule has 0 radical (unpaired) electrons. The van der Waals surface area contributed by atoms with Crippen LogP contribution in [0, 0.1) is 0 Å². The summed E-state index contributed by atoms with van der Waals surface area (Å²) < 4.78 is 27.3. The maximum Gasteiger partial charge on any atom is 0.264 e. The first-order valence-corrected chi connectivity index (χ1v) is 11.3. The van der Waals surface area contributed by atoms with Gasteiger partial charge in [0.1, 0.15) is 0 Å². The zero-order valence-electron chi connectivity index (χ0n) is 16.1. The van der Waals surface area contributed by atoms with E-state index in [1.165, 1.54) is 10.4 Å². The van der Waals surface area contributed by atoms with Crippen molar-refractivity contribution in [3.63, 3.8) is 0 Å². The highest BCUT2D eigenvalue weighted by molar-refractivity contribution is 7.92. The Balaban J connectivity index is 1.83. The number of carbonyl (C=O) groups excluding carboxylic acids is 1. The molecule has 2 aromatic carbocycles. The van der Waals surface area contributed by atoms with Crippen LogP contribution in [0.5, 0.6) is 0 Å². The van der Waals surface area contributed by atoms with Crippen LogP contribution in [0.4, 0.5) is 5.69 Å². The van der Waals surface area contributed by atoms with E-state index in [2.05, 4.69) is 6.58 Å². The average molecular weight is 427 g/mol. The van der Waals surface area contributed by atoms with Crippen LogP contribution in [-0.4, -0.2) is 32.8 Å². The van der Waals surface area contributed by atoms with Gasteiger partial charge in [-0.15, -0.1) is 17.9 Å². The molecule has 7 heteroatoms. The van der Waals surface area contributed by atoms with E-state index >= 15 is 0 Å². The topological polar surface area (TPSA) is 57.7 Å². The second-order valence-corrected chi connectivity index (χ2v) is 9.32. The molecule has 0 saturated carbocycles. The number of hydrogen-bond donors (Lipinski definition) is 0. The highest BCUT2D eigenvalue weighted by atomic mass is 32.2. The van der Waals surface area contributed by atoms with E-state index in [1.807, 2.05) is 17.5 Å². The number of benzene rings is 2. The molecule has 0 N–H and O–H groups in total. The minimum Gasteiger partial charge on any atom is -0.337 e. The van der Waals surface area contributed by atoms with Crippen molar-refractivity contribution in [1.82, 2.24) is 4.90 Å². The van der Waals surface area contributed by atoms with Crippen molar-refractivity contribution in [3.05, 3.63) is 95.2 Å². The summed E-state index contributed by atoms with van der Waals surface area (Å²) in [5.74, 6) is -0.119. The molecule has 0 bridgehead atoms. The molecule has 0 aliphatic rings. The van der Waals surface area contributed by atoms with E-state index in [1.54, 1.807) is 77.9 Å². The molecular weight excluding hydrogens is 404 g/mol. The first-order chi connectivity index (χ1) is 13.9. The zero-order chi connectivity index (χ0) is 20.9. The van der Waals surface area contributed by atoms with Crippen molar-refractivity contribution in [3.8, 4) is 0 Å². The second-order valence-electron chi connectivity index (χ2n) is 6.43. The summed E-state index contributed by atoms with van der Waals surface area (Å²) in [6.07, 6.45) is 1.54. The van der Waals surface area contributed by atoms with Crippen LogP contribution >= 0.6 is 11.3 Å². The Bertz CT molecular complexity index is 1060. The molecular formula is C22H22N2O3S2. The van der Waals surface area contributed by atoms with Gasteiger partial charge in [0, 0.05) is 17.5 Å². The number of anilines is 1. The van der Waals surface area contributed by atoms with Gasteiger partial charge in [-0.2, -0.15) is 0 Å². The Labute approximate surface area is 175 Å². The van der Waals surface area contributed by atoms with E-state index in [-0.39, 0.29) is 17.3 Å². The third-order valence-corrected chi connectivity index (χ3v) is 7.02. The first kappa shape index (κ1) is 20.8. The molecule has 150 valence electrons. The predicted molar refractivity (Wildman–Crippen MR) is 118 cm³/mol. The van der Waals surface area contributed by atoms with Crippen LogP contribution in [0.15, 0.2) is 89.7 Å². The highest BCUT2D eigenvalue weighted by Crippen LogP contribution is 2.24. The Kier molecular flexibility index (Phi) is 6.51. The fourth-order valence-electron chi connectivity index (χ4n) is 2.88. The average Bonchev–Trinajstić information content (AvgIpc) is 3.25. The van der Waals surface area contributed by atoms with Gasteiger partial charge in [-0.1, -0.05) is 30.3 Å². The summed E-state index contributed by atoms with van der Waals surface area (Å²) in [6.45, 7) is 4.33. The molecule has 1 aromatic heterocycles. The maximum absolute atomic E-state index is 13.0. The minimum absolute atomic E-state index is 0.119. The van der Waals surface area contributed by atoms with Crippen molar-refractivity contribution >= 4 is 33.0 Å². The molecule has 1 heterocycles.